The highest BCUT2D eigenvalue weighted by Crippen LogP contribution is 2.33. The lowest BCUT2D eigenvalue weighted by Gasteiger charge is -2.30. The van der Waals surface area contributed by atoms with Gasteiger partial charge in [0, 0.05) is 12.1 Å². The van der Waals surface area contributed by atoms with Crippen molar-refractivity contribution in [3.8, 4) is 6.01 Å². The molecule has 12 heteroatoms. The number of nitrogens with zero attached hydrogens (tertiary/aromatic N) is 2. The van der Waals surface area contributed by atoms with E-state index in [0.717, 1.165) is 0 Å². The van der Waals surface area contributed by atoms with Gasteiger partial charge in [-0.05, 0) is 18.2 Å². The molecule has 9 nitrogen and oxygen atoms in total. The maximum atomic E-state index is 13.9. The zero-order valence-corrected chi connectivity index (χ0v) is 18.6. The first-order valence-corrected chi connectivity index (χ1v) is 11.3. The number of hydrogen-bond acceptors (Lipinski definition) is 8. The molecule has 0 aliphatic carbocycles. The van der Waals surface area contributed by atoms with E-state index in [1.54, 1.807) is 6.07 Å². The molecular formula is C22H21ClF2N4O5. The molecule has 1 aromatic carbocycles. The maximum Gasteiger partial charge on any atom is 0.296 e. The van der Waals surface area contributed by atoms with Crippen LogP contribution < -0.4 is 10.1 Å². The maximum absolute atomic E-state index is 13.9. The first-order chi connectivity index (χ1) is 16.5. The number of halogens is 3. The van der Waals surface area contributed by atoms with Crippen LogP contribution in [0.2, 0.25) is 5.02 Å². The van der Waals surface area contributed by atoms with Gasteiger partial charge in [0.25, 0.3) is 6.01 Å². The zero-order chi connectivity index (χ0) is 23.2. The van der Waals surface area contributed by atoms with Gasteiger partial charge in [-0.25, -0.2) is 13.8 Å². The molecule has 3 aromatic rings. The van der Waals surface area contributed by atoms with Crippen molar-refractivity contribution in [3.63, 3.8) is 0 Å². The molecule has 3 aliphatic rings. The van der Waals surface area contributed by atoms with Gasteiger partial charge < -0.3 is 34.0 Å². The number of H-pyrrole nitrogens is 1. The van der Waals surface area contributed by atoms with Gasteiger partial charge in [0.15, 0.2) is 11.8 Å². The Morgan fingerprint density at radius 2 is 1.79 bits per heavy atom. The summed E-state index contributed by atoms with van der Waals surface area (Å²) >= 11 is 6.31. The van der Waals surface area contributed by atoms with Crippen molar-refractivity contribution in [2.45, 2.75) is 37.1 Å². The lowest BCUT2D eigenvalue weighted by atomic mass is 10.1. The number of aromatic nitrogens is 3. The number of ether oxygens (including phenoxy) is 5. The highest BCUT2D eigenvalue weighted by atomic mass is 35.5. The number of nitrogens with one attached hydrogen (secondary N) is 2. The van der Waals surface area contributed by atoms with Gasteiger partial charge in [-0.3, -0.25) is 0 Å². The van der Waals surface area contributed by atoms with Crippen LogP contribution in [0.25, 0.3) is 11.2 Å². The highest BCUT2D eigenvalue weighted by molar-refractivity contribution is 6.33. The predicted molar refractivity (Wildman–Crippen MR) is 116 cm³/mol. The van der Waals surface area contributed by atoms with Gasteiger partial charge in [-0.1, -0.05) is 17.7 Å². The molecule has 0 spiro atoms. The van der Waals surface area contributed by atoms with Crippen molar-refractivity contribution in [1.29, 1.82) is 0 Å². The third kappa shape index (κ3) is 4.07. The number of imidazole rings is 1. The topological polar surface area (TPSA) is 99.8 Å². The molecule has 0 bridgehead atoms. The van der Waals surface area contributed by atoms with E-state index in [1.807, 2.05) is 0 Å². The van der Waals surface area contributed by atoms with Crippen LogP contribution in [0.1, 0.15) is 5.56 Å². The summed E-state index contributed by atoms with van der Waals surface area (Å²) in [6.45, 7) is 1.83. The second-order valence-corrected chi connectivity index (χ2v) is 8.78. The molecular weight excluding hydrogens is 474 g/mol. The minimum Gasteiger partial charge on any atom is -0.456 e. The number of fused-ring (bicyclic) bond motifs is 2. The van der Waals surface area contributed by atoms with Crippen LogP contribution in [0.4, 0.5) is 14.6 Å². The third-order valence-electron chi connectivity index (χ3n) is 6.10. The molecule has 3 fully saturated rings. The summed E-state index contributed by atoms with van der Waals surface area (Å²) in [5, 5.41) is 3.13. The lowest BCUT2D eigenvalue weighted by molar-refractivity contribution is -0.170. The van der Waals surface area contributed by atoms with Gasteiger partial charge in [-0.15, -0.1) is 0 Å². The largest absolute Gasteiger partial charge is 0.456 e. The van der Waals surface area contributed by atoms with Crippen molar-refractivity contribution in [3.05, 3.63) is 46.5 Å². The Labute approximate surface area is 197 Å². The molecule has 6 rings (SSSR count). The quantitative estimate of drug-likeness (QED) is 0.517. The molecule has 5 heterocycles. The van der Waals surface area contributed by atoms with Crippen LogP contribution in [0.3, 0.4) is 0 Å². The molecule has 0 saturated carbocycles. The van der Waals surface area contributed by atoms with Gasteiger partial charge >= 0.3 is 0 Å². The average molecular weight is 495 g/mol. The summed E-state index contributed by atoms with van der Waals surface area (Å²) in [6, 6.07) is 5.55. The number of rotatable bonds is 7. The molecule has 0 radical (unpaired) electrons. The Balaban J connectivity index is 1.13. The van der Waals surface area contributed by atoms with E-state index in [-0.39, 0.29) is 59.5 Å². The van der Waals surface area contributed by atoms with Crippen molar-refractivity contribution in [2.24, 2.45) is 0 Å². The summed E-state index contributed by atoms with van der Waals surface area (Å²) < 4.78 is 56.7. The van der Waals surface area contributed by atoms with Crippen molar-refractivity contribution in [1.82, 2.24) is 15.0 Å². The summed E-state index contributed by atoms with van der Waals surface area (Å²) in [7, 11) is 0. The SMILES string of the molecule is Fc1cccc(F)c1CNc1nc2nc(O[C@@H]3CO[C@H]4[C@@H]3OC[C@H]4OC3COC3)[nH]c2cc1Cl. The fourth-order valence-corrected chi connectivity index (χ4v) is 4.50. The van der Waals surface area contributed by atoms with Gasteiger partial charge in [0.2, 0.25) is 0 Å². The Morgan fingerprint density at radius 1 is 1.06 bits per heavy atom. The summed E-state index contributed by atoms with van der Waals surface area (Å²) in [5.74, 6) is -1.06. The molecule has 3 saturated heterocycles. The molecule has 2 N–H and O–H groups in total. The Kier molecular flexibility index (Phi) is 5.74. The van der Waals surface area contributed by atoms with E-state index in [0.29, 0.717) is 37.6 Å². The smallest absolute Gasteiger partial charge is 0.296 e. The standard InChI is InChI=1S/C22H21ClF2N4O5/c23-12-4-15-21(28-20(12)26-5-11-13(24)2-1-3-14(11)25)29-22(27-15)34-17-9-32-18-16(8-31-19(17)18)33-10-6-30-7-10/h1-4,10,16-19H,5-9H2,(H2,26,27,28,29)/t16-,17-,18-,19-/m1/s1. The number of hydrogen-bond donors (Lipinski definition) is 2. The Morgan fingerprint density at radius 3 is 2.53 bits per heavy atom. The van der Waals surface area contributed by atoms with E-state index in [4.69, 9.17) is 35.3 Å². The summed E-state index contributed by atoms with van der Waals surface area (Å²) in [5.41, 5.74) is 0.785. The van der Waals surface area contributed by atoms with E-state index in [1.165, 1.54) is 18.2 Å². The normalized spacial score (nSPS) is 26.6. The van der Waals surface area contributed by atoms with Crippen LogP contribution in [-0.2, 0) is 25.5 Å². The number of pyridine rings is 1. The molecule has 34 heavy (non-hydrogen) atoms. The van der Waals surface area contributed by atoms with Crippen LogP contribution in [0.5, 0.6) is 6.01 Å². The van der Waals surface area contributed by atoms with Gasteiger partial charge in [0.05, 0.1) is 37.0 Å². The highest BCUT2D eigenvalue weighted by Gasteiger charge is 2.50. The van der Waals surface area contributed by atoms with Crippen LogP contribution in [-0.4, -0.2) is 71.9 Å². The summed E-state index contributed by atoms with van der Waals surface area (Å²) in [6.07, 6.45) is -0.925. The minimum absolute atomic E-state index is 0.0831. The second-order valence-electron chi connectivity index (χ2n) is 8.37. The number of anilines is 1. The number of aromatic amines is 1. The van der Waals surface area contributed by atoms with Gasteiger partial charge in [-0.2, -0.15) is 4.98 Å². The van der Waals surface area contributed by atoms with Crippen molar-refractivity contribution in [2.75, 3.05) is 31.7 Å². The molecule has 2 aromatic heterocycles. The fraction of sp³-hybridized carbons (Fsp3) is 0.455. The van der Waals surface area contributed by atoms with Crippen LogP contribution in [0, 0.1) is 11.6 Å². The third-order valence-corrected chi connectivity index (χ3v) is 6.39. The molecule has 4 atom stereocenters. The van der Waals surface area contributed by atoms with E-state index in [9.17, 15) is 8.78 Å². The van der Waals surface area contributed by atoms with Crippen LogP contribution >= 0.6 is 11.6 Å². The molecule has 0 unspecified atom stereocenters. The van der Waals surface area contributed by atoms with E-state index < -0.39 is 11.6 Å². The lowest BCUT2D eigenvalue weighted by Crippen LogP contribution is -2.43. The van der Waals surface area contributed by atoms with Crippen molar-refractivity contribution >= 4 is 28.6 Å². The Hall–Kier alpha value is -2.57. The van der Waals surface area contributed by atoms with E-state index in [2.05, 4.69) is 20.3 Å². The molecule has 3 aliphatic heterocycles. The number of benzene rings is 1. The predicted octanol–water partition coefficient (Wildman–Crippen LogP) is 2.83. The van der Waals surface area contributed by atoms with E-state index >= 15 is 0 Å². The van der Waals surface area contributed by atoms with Crippen molar-refractivity contribution < 1.29 is 32.5 Å². The zero-order valence-electron chi connectivity index (χ0n) is 17.8. The Bertz CT molecular complexity index is 1190. The average Bonchev–Trinajstić information content (AvgIpc) is 3.46. The fourth-order valence-electron chi connectivity index (χ4n) is 4.28. The molecule has 0 amide bonds. The second kappa shape index (κ2) is 8.90. The minimum atomic E-state index is -0.653. The van der Waals surface area contributed by atoms with Crippen LogP contribution in [0.15, 0.2) is 24.3 Å². The first kappa shape index (κ1) is 21.9. The first-order valence-electron chi connectivity index (χ1n) is 10.9. The van der Waals surface area contributed by atoms with Gasteiger partial charge in [0.1, 0.15) is 41.9 Å². The summed E-state index contributed by atoms with van der Waals surface area (Å²) in [4.78, 5) is 11.8. The molecule has 180 valence electrons. The monoisotopic (exact) mass is 494 g/mol.